The van der Waals surface area contributed by atoms with E-state index in [-0.39, 0.29) is 21.7 Å². The van der Waals surface area contributed by atoms with Gasteiger partial charge in [-0.2, -0.15) is 0 Å². The van der Waals surface area contributed by atoms with Crippen molar-refractivity contribution in [3.05, 3.63) is 226 Å². The van der Waals surface area contributed by atoms with Crippen LogP contribution < -0.4 is 9.80 Å². The molecule has 0 spiro atoms. The van der Waals surface area contributed by atoms with E-state index in [0.29, 0.717) is 22.9 Å². The molecule has 0 saturated carbocycles. The minimum atomic E-state index is -0.932. The van der Waals surface area contributed by atoms with Crippen LogP contribution in [0.1, 0.15) is 181 Å². The van der Waals surface area contributed by atoms with Crippen molar-refractivity contribution in [2.75, 3.05) is 9.80 Å². The van der Waals surface area contributed by atoms with Crippen molar-refractivity contribution in [1.29, 1.82) is 0 Å². The highest BCUT2D eigenvalue weighted by atomic mass is 16.4. The lowest BCUT2D eigenvalue weighted by Crippen LogP contribution is -2.29. The molecule has 8 aromatic carbocycles. The predicted octanol–water partition coefficient (Wildman–Crippen LogP) is 21.1. The Morgan fingerprint density at radius 1 is 0.321 bits per heavy atom. The largest absolute Gasteiger partial charge is 0.439 e. The van der Waals surface area contributed by atoms with Crippen LogP contribution in [0, 0.1) is 0 Å². The number of aromatic nitrogens is 2. The molecule has 1 aliphatic rings. The predicted molar refractivity (Wildman–Crippen MR) is 340 cm³/mol. The SMILES string of the molecule is CC(C)(C)c1ccc(N(c2ccc(C(C)(C)C)cc2)c2cc3c(c4oc(C(C)(C)C)nc24)-c2c(cc(N(c4ccc(C(C)(C)C)cc4)c4ccc(C(C)(C)C)cc4)c4nc(C(C)(C)C)oc24)C3(c2ccccc2)c2ccccc2)cc1. The third-order valence-corrected chi connectivity index (χ3v) is 16.5. The van der Waals surface area contributed by atoms with E-state index in [1.807, 2.05) is 0 Å². The lowest BCUT2D eigenvalue weighted by Gasteiger charge is -2.36. The molecule has 414 valence electrons. The molecule has 1 aliphatic carbocycles. The van der Waals surface area contributed by atoms with Gasteiger partial charge in [0, 0.05) is 44.7 Å². The maximum absolute atomic E-state index is 7.49. The molecule has 6 nitrogen and oxygen atoms in total. The van der Waals surface area contributed by atoms with E-state index < -0.39 is 16.2 Å². The molecule has 6 heteroatoms. The van der Waals surface area contributed by atoms with Gasteiger partial charge in [0.05, 0.1) is 16.8 Å². The van der Waals surface area contributed by atoms with Crippen LogP contribution in [0.4, 0.5) is 34.1 Å². The molecule has 2 heterocycles. The first-order chi connectivity index (χ1) is 38.0. The molecule has 81 heavy (non-hydrogen) atoms. The Morgan fingerprint density at radius 2 is 0.580 bits per heavy atom. The summed E-state index contributed by atoms with van der Waals surface area (Å²) in [5, 5.41) is 0. The van der Waals surface area contributed by atoms with E-state index in [4.69, 9.17) is 18.8 Å². The molecular weight excluding hydrogens is 989 g/mol. The average Bonchev–Trinajstić information content (AvgIpc) is 4.33. The van der Waals surface area contributed by atoms with E-state index in [0.717, 1.165) is 78.5 Å². The zero-order chi connectivity index (χ0) is 58.0. The van der Waals surface area contributed by atoms with Gasteiger partial charge in [-0.25, -0.2) is 9.97 Å². The number of anilines is 6. The summed E-state index contributed by atoms with van der Waals surface area (Å²) in [5.74, 6) is 1.31. The number of fused-ring (bicyclic) bond motifs is 7. The summed E-state index contributed by atoms with van der Waals surface area (Å²) < 4.78 is 15.0. The van der Waals surface area contributed by atoms with E-state index in [9.17, 15) is 0 Å². The van der Waals surface area contributed by atoms with Crippen LogP contribution >= 0.6 is 0 Å². The first kappa shape index (κ1) is 55.2. The minimum Gasteiger partial charge on any atom is -0.439 e. The Balaban J connectivity index is 1.33. The second kappa shape index (κ2) is 19.2. The van der Waals surface area contributed by atoms with Gasteiger partial charge in [-0.15, -0.1) is 0 Å². The zero-order valence-electron chi connectivity index (χ0n) is 51.3. The fraction of sp³-hybridized carbons (Fsp3) is 0.333. The maximum atomic E-state index is 7.49. The van der Waals surface area contributed by atoms with Crippen LogP contribution in [0.15, 0.2) is 179 Å². The lowest BCUT2D eigenvalue weighted by atomic mass is 9.67. The maximum Gasteiger partial charge on any atom is 0.200 e. The van der Waals surface area contributed by atoms with Gasteiger partial charge in [0.15, 0.2) is 11.2 Å². The fourth-order valence-electron chi connectivity index (χ4n) is 11.8. The first-order valence-corrected chi connectivity index (χ1v) is 29.1. The smallest absolute Gasteiger partial charge is 0.200 e. The van der Waals surface area contributed by atoms with Gasteiger partial charge in [0.1, 0.15) is 11.0 Å². The molecule has 0 aliphatic heterocycles. The Morgan fingerprint density at radius 3 is 0.815 bits per heavy atom. The molecule has 2 aromatic heterocycles. The molecule has 0 atom stereocenters. The molecule has 0 radical (unpaired) electrons. The normalized spacial score (nSPS) is 13.9. The molecule has 0 N–H and O–H groups in total. The summed E-state index contributed by atoms with van der Waals surface area (Å²) in [6.07, 6.45) is 0. The standard InChI is InChI=1S/C75H82N4O2/c1-69(2,3)47-29-37-53(38-30-47)78(54-39-31-48(32-40-54)70(4,5)6)59-45-57-61(65-63(59)76-67(80-65)73(13,14)15)62-58(75(57,51-25-21-19-22-26-51)52-27-23-20-24-28-52)46-60(64-66(62)81-68(77-64)74(16,17)18)79(55-41-33-49(34-42-55)71(7,8)9)56-43-35-50(36-44-56)72(10,11)12/h19-46H,1-18H3. The summed E-state index contributed by atoms with van der Waals surface area (Å²) >= 11 is 0. The van der Waals surface area contributed by atoms with Crippen LogP contribution in [-0.4, -0.2) is 9.97 Å². The van der Waals surface area contributed by atoms with E-state index >= 15 is 0 Å². The highest BCUT2D eigenvalue weighted by Gasteiger charge is 2.51. The Labute approximate surface area is 482 Å². The molecule has 0 fully saturated rings. The molecule has 0 unspecified atom stereocenters. The van der Waals surface area contributed by atoms with Crippen molar-refractivity contribution < 1.29 is 8.83 Å². The van der Waals surface area contributed by atoms with Crippen molar-refractivity contribution in [2.24, 2.45) is 0 Å². The van der Waals surface area contributed by atoms with Gasteiger partial charge < -0.3 is 18.6 Å². The molecule has 10 aromatic rings. The van der Waals surface area contributed by atoms with E-state index in [1.54, 1.807) is 0 Å². The van der Waals surface area contributed by atoms with Gasteiger partial charge in [-0.05, 0) is 127 Å². The van der Waals surface area contributed by atoms with Crippen LogP contribution in [0.2, 0.25) is 0 Å². The summed E-state index contributed by atoms with van der Waals surface area (Å²) in [7, 11) is 0. The summed E-state index contributed by atoms with van der Waals surface area (Å²) in [4.78, 5) is 16.1. The fourth-order valence-corrected chi connectivity index (χ4v) is 11.8. The summed E-state index contributed by atoms with van der Waals surface area (Å²) in [6, 6.07) is 63.4. The Bertz CT molecular complexity index is 3560. The van der Waals surface area contributed by atoms with Gasteiger partial charge in [-0.1, -0.05) is 234 Å². The molecule has 0 saturated heterocycles. The topological polar surface area (TPSA) is 58.5 Å². The van der Waals surface area contributed by atoms with Crippen LogP contribution in [0.3, 0.4) is 0 Å². The molecule has 11 rings (SSSR count). The summed E-state index contributed by atoms with van der Waals surface area (Å²) in [6.45, 7) is 40.4. The highest BCUT2D eigenvalue weighted by Crippen LogP contribution is 2.63. The lowest BCUT2D eigenvalue weighted by molar-refractivity contribution is 0.410. The number of oxazole rings is 2. The van der Waals surface area contributed by atoms with Gasteiger partial charge in [-0.3, -0.25) is 0 Å². The zero-order valence-corrected chi connectivity index (χ0v) is 51.3. The summed E-state index contributed by atoms with van der Waals surface area (Å²) in [5.41, 5.74) is 18.2. The number of hydrogen-bond donors (Lipinski definition) is 0. The Hall–Kier alpha value is -7.70. The average molecular weight is 1070 g/mol. The Kier molecular flexibility index (Phi) is 13.1. The van der Waals surface area contributed by atoms with Gasteiger partial charge in [0.2, 0.25) is 11.8 Å². The minimum absolute atomic E-state index is 0.0396. The van der Waals surface area contributed by atoms with Crippen LogP contribution in [0.25, 0.3) is 33.3 Å². The number of nitrogens with zero attached hydrogens (tertiary/aromatic N) is 4. The van der Waals surface area contributed by atoms with Crippen molar-refractivity contribution in [3.8, 4) is 11.1 Å². The third-order valence-electron chi connectivity index (χ3n) is 16.5. The van der Waals surface area contributed by atoms with E-state index in [1.165, 1.54) is 22.3 Å². The number of benzene rings is 8. The van der Waals surface area contributed by atoms with Crippen molar-refractivity contribution >= 4 is 56.3 Å². The van der Waals surface area contributed by atoms with Crippen LogP contribution in [0.5, 0.6) is 0 Å². The third kappa shape index (κ3) is 9.66. The highest BCUT2D eigenvalue weighted by molar-refractivity contribution is 6.14. The molecular formula is C75H82N4O2. The quantitative estimate of drug-likeness (QED) is 0.151. The van der Waals surface area contributed by atoms with Gasteiger partial charge in [0.25, 0.3) is 0 Å². The number of rotatable bonds is 8. The van der Waals surface area contributed by atoms with Crippen molar-refractivity contribution in [2.45, 2.75) is 163 Å². The van der Waals surface area contributed by atoms with Crippen molar-refractivity contribution in [3.63, 3.8) is 0 Å². The molecule has 0 amide bonds. The second-order valence-electron chi connectivity index (χ2n) is 28.9. The molecule has 0 bridgehead atoms. The number of hydrogen-bond acceptors (Lipinski definition) is 6. The second-order valence-corrected chi connectivity index (χ2v) is 28.9. The first-order valence-electron chi connectivity index (χ1n) is 29.1. The monoisotopic (exact) mass is 1070 g/mol. The van der Waals surface area contributed by atoms with E-state index in [2.05, 4.69) is 304 Å². The van der Waals surface area contributed by atoms with Crippen molar-refractivity contribution in [1.82, 2.24) is 9.97 Å². The van der Waals surface area contributed by atoms with Crippen LogP contribution in [-0.2, 0) is 37.9 Å². The van der Waals surface area contributed by atoms with Gasteiger partial charge >= 0.3 is 0 Å².